The second-order valence-electron chi connectivity index (χ2n) is 5.84. The number of nitrogens with zero attached hydrogens (tertiary/aromatic N) is 1. The Bertz CT molecular complexity index is 534. The molecule has 1 fully saturated rings. The molecular weight excluding hydrogens is 284 g/mol. The minimum atomic E-state index is -0.713. The highest BCUT2D eigenvalue weighted by Gasteiger charge is 2.45. The third-order valence-electron chi connectivity index (χ3n) is 4.39. The van der Waals surface area contributed by atoms with Crippen LogP contribution < -0.4 is 5.32 Å². The van der Waals surface area contributed by atoms with Gasteiger partial charge in [-0.2, -0.15) is 0 Å². The molecule has 0 aliphatic carbocycles. The fraction of sp³-hybridized carbons (Fsp3) is 0.625. The lowest BCUT2D eigenvalue weighted by Crippen LogP contribution is -2.67. The Morgan fingerprint density at radius 1 is 1.33 bits per heavy atom. The van der Waals surface area contributed by atoms with E-state index in [1.54, 1.807) is 16.2 Å². The second-order valence-corrected chi connectivity index (χ2v) is 7.21. The minimum Gasteiger partial charge on any atom is -0.340 e. The molecule has 0 aromatic carbocycles. The molecule has 1 aliphatic heterocycles. The molecular formula is C16H24N2O2S. The van der Waals surface area contributed by atoms with Gasteiger partial charge in [0.05, 0.1) is 6.54 Å². The highest BCUT2D eigenvalue weighted by Crippen LogP contribution is 2.25. The van der Waals surface area contributed by atoms with E-state index >= 15 is 0 Å². The summed E-state index contributed by atoms with van der Waals surface area (Å²) in [6.07, 6.45) is 2.08. The van der Waals surface area contributed by atoms with Crippen molar-refractivity contribution < 1.29 is 9.59 Å². The minimum absolute atomic E-state index is 0.0408. The first kappa shape index (κ1) is 16.0. The average Bonchev–Trinajstić information content (AvgIpc) is 2.86. The predicted molar refractivity (Wildman–Crippen MR) is 85.4 cm³/mol. The molecule has 2 amide bonds. The lowest BCUT2D eigenvalue weighted by Gasteiger charge is -2.43. The van der Waals surface area contributed by atoms with Crippen LogP contribution in [0.4, 0.5) is 0 Å². The van der Waals surface area contributed by atoms with Crippen LogP contribution in [0.1, 0.15) is 43.4 Å². The monoisotopic (exact) mass is 308 g/mol. The van der Waals surface area contributed by atoms with E-state index in [1.165, 1.54) is 9.75 Å². The Morgan fingerprint density at radius 3 is 2.52 bits per heavy atom. The van der Waals surface area contributed by atoms with Crippen LogP contribution in [0.25, 0.3) is 0 Å². The number of thiophene rings is 1. The molecule has 0 radical (unpaired) electrons. The molecule has 21 heavy (non-hydrogen) atoms. The van der Waals surface area contributed by atoms with Crippen molar-refractivity contribution in [3.63, 3.8) is 0 Å². The molecule has 0 bridgehead atoms. The zero-order chi connectivity index (χ0) is 15.6. The van der Waals surface area contributed by atoms with Gasteiger partial charge in [-0.25, -0.2) is 0 Å². The van der Waals surface area contributed by atoms with Gasteiger partial charge in [-0.15, -0.1) is 11.3 Å². The smallest absolute Gasteiger partial charge is 0.249 e. The average molecular weight is 308 g/mol. The van der Waals surface area contributed by atoms with Gasteiger partial charge < -0.3 is 10.2 Å². The molecule has 2 rings (SSSR count). The topological polar surface area (TPSA) is 49.4 Å². The largest absolute Gasteiger partial charge is 0.340 e. The van der Waals surface area contributed by atoms with Crippen LogP contribution in [-0.2, 0) is 16.0 Å². The van der Waals surface area contributed by atoms with E-state index in [1.807, 2.05) is 20.8 Å². The van der Waals surface area contributed by atoms with Gasteiger partial charge in [0, 0.05) is 22.2 Å². The number of hydrogen-bond acceptors (Lipinski definition) is 3. The third-order valence-corrected chi connectivity index (χ3v) is 5.42. The van der Waals surface area contributed by atoms with Crippen molar-refractivity contribution in [1.29, 1.82) is 0 Å². The molecule has 5 heteroatoms. The maximum absolute atomic E-state index is 12.8. The predicted octanol–water partition coefficient (Wildman–Crippen LogP) is 2.50. The van der Waals surface area contributed by atoms with Crippen LogP contribution in [0.2, 0.25) is 0 Å². The molecule has 0 saturated carbocycles. The van der Waals surface area contributed by atoms with E-state index in [-0.39, 0.29) is 24.4 Å². The van der Waals surface area contributed by atoms with Crippen molar-refractivity contribution in [2.45, 2.75) is 58.5 Å². The van der Waals surface area contributed by atoms with Gasteiger partial charge >= 0.3 is 0 Å². The van der Waals surface area contributed by atoms with Crippen LogP contribution in [0.5, 0.6) is 0 Å². The summed E-state index contributed by atoms with van der Waals surface area (Å²) in [7, 11) is 0. The van der Waals surface area contributed by atoms with Crippen LogP contribution >= 0.6 is 11.3 Å². The fourth-order valence-corrected chi connectivity index (χ4v) is 3.95. The van der Waals surface area contributed by atoms with Crippen molar-refractivity contribution in [2.24, 2.45) is 0 Å². The maximum Gasteiger partial charge on any atom is 0.249 e. The fourth-order valence-electron chi connectivity index (χ4n) is 2.94. The van der Waals surface area contributed by atoms with Gasteiger partial charge in [-0.3, -0.25) is 9.59 Å². The highest BCUT2D eigenvalue weighted by molar-refractivity contribution is 7.11. The van der Waals surface area contributed by atoms with Crippen molar-refractivity contribution in [1.82, 2.24) is 10.2 Å². The van der Waals surface area contributed by atoms with Crippen molar-refractivity contribution in [3.05, 3.63) is 21.9 Å². The number of rotatable bonds is 5. The quantitative estimate of drug-likeness (QED) is 0.908. The van der Waals surface area contributed by atoms with Crippen LogP contribution in [0.3, 0.4) is 0 Å². The summed E-state index contributed by atoms with van der Waals surface area (Å²) in [5.74, 6) is 0.0142. The first-order valence-corrected chi connectivity index (χ1v) is 8.41. The summed E-state index contributed by atoms with van der Waals surface area (Å²) >= 11 is 1.75. The van der Waals surface area contributed by atoms with Gasteiger partial charge in [-0.1, -0.05) is 13.8 Å². The number of amides is 2. The summed E-state index contributed by atoms with van der Waals surface area (Å²) in [6, 6.07) is 4.25. The third kappa shape index (κ3) is 3.12. The van der Waals surface area contributed by atoms with Gasteiger partial charge in [0.15, 0.2) is 0 Å². The molecule has 2 heterocycles. The van der Waals surface area contributed by atoms with Crippen molar-refractivity contribution in [3.8, 4) is 0 Å². The molecule has 4 nitrogen and oxygen atoms in total. The number of piperazine rings is 1. The molecule has 1 N–H and O–H groups in total. The molecule has 1 atom stereocenters. The Morgan fingerprint density at radius 2 is 2.00 bits per heavy atom. The van der Waals surface area contributed by atoms with E-state index in [2.05, 4.69) is 24.4 Å². The van der Waals surface area contributed by atoms with Crippen molar-refractivity contribution >= 4 is 23.2 Å². The lowest BCUT2D eigenvalue weighted by atomic mass is 9.88. The summed E-state index contributed by atoms with van der Waals surface area (Å²) < 4.78 is 0. The molecule has 1 aromatic heterocycles. The van der Waals surface area contributed by atoms with Crippen LogP contribution in [0, 0.1) is 6.92 Å². The van der Waals surface area contributed by atoms with Gasteiger partial charge in [-0.05, 0) is 38.8 Å². The molecule has 1 saturated heterocycles. The Labute approximate surface area is 130 Å². The van der Waals surface area contributed by atoms with E-state index in [0.717, 1.165) is 6.42 Å². The first-order chi connectivity index (χ1) is 9.91. The zero-order valence-corrected chi connectivity index (χ0v) is 14.0. The number of carbonyl (C=O) groups excluding carboxylic acids is 2. The van der Waals surface area contributed by atoms with Gasteiger partial charge in [0.1, 0.15) is 5.54 Å². The molecule has 1 unspecified atom stereocenters. The summed E-state index contributed by atoms with van der Waals surface area (Å²) in [4.78, 5) is 29.1. The van der Waals surface area contributed by atoms with Crippen LogP contribution in [-0.4, -0.2) is 34.8 Å². The number of carbonyl (C=O) groups is 2. The first-order valence-electron chi connectivity index (χ1n) is 7.59. The second kappa shape index (κ2) is 6.18. The SMILES string of the molecule is CCC1(CC)NC(=O)CN(C(C)Cc2ccc(C)s2)C1=O. The Hall–Kier alpha value is -1.36. The molecule has 116 valence electrons. The molecule has 0 spiro atoms. The van der Waals surface area contributed by atoms with Crippen LogP contribution in [0.15, 0.2) is 12.1 Å². The molecule has 1 aliphatic rings. The number of hydrogen-bond donors (Lipinski definition) is 1. The van der Waals surface area contributed by atoms with E-state index < -0.39 is 5.54 Å². The molecule has 1 aromatic rings. The van der Waals surface area contributed by atoms with Gasteiger partial charge in [0.2, 0.25) is 11.8 Å². The zero-order valence-electron chi connectivity index (χ0n) is 13.2. The van der Waals surface area contributed by atoms with E-state index in [9.17, 15) is 9.59 Å². The van der Waals surface area contributed by atoms with E-state index in [0.29, 0.717) is 12.8 Å². The Kier molecular flexibility index (Phi) is 4.71. The summed E-state index contributed by atoms with van der Waals surface area (Å²) in [5.41, 5.74) is -0.713. The van der Waals surface area contributed by atoms with Gasteiger partial charge in [0.25, 0.3) is 0 Å². The number of aryl methyl sites for hydroxylation is 1. The summed E-state index contributed by atoms with van der Waals surface area (Å²) in [5, 5.41) is 2.90. The lowest BCUT2D eigenvalue weighted by molar-refractivity contribution is -0.152. The van der Waals surface area contributed by atoms with E-state index in [4.69, 9.17) is 0 Å². The van der Waals surface area contributed by atoms with Crippen molar-refractivity contribution in [2.75, 3.05) is 6.54 Å². The Balaban J connectivity index is 2.17. The normalized spacial score (nSPS) is 19.5. The summed E-state index contributed by atoms with van der Waals surface area (Å²) in [6.45, 7) is 8.20. The highest BCUT2D eigenvalue weighted by atomic mass is 32.1. The number of nitrogens with one attached hydrogen (secondary N) is 1. The standard InChI is InChI=1S/C16H24N2O2S/c1-5-16(6-2)15(20)18(10-14(19)17-16)11(3)9-13-8-7-12(4)21-13/h7-8,11H,5-6,9-10H2,1-4H3,(H,17,19). The maximum atomic E-state index is 12.8.